The maximum atomic E-state index is 11.8. The van der Waals surface area contributed by atoms with E-state index in [2.05, 4.69) is 17.4 Å². The highest BCUT2D eigenvalue weighted by Gasteiger charge is 2.29. The van der Waals surface area contributed by atoms with Crippen molar-refractivity contribution in [2.45, 2.75) is 29.9 Å². The van der Waals surface area contributed by atoms with Crippen LogP contribution in [0.15, 0.2) is 35.2 Å². The smallest absolute Gasteiger partial charge is 0.249 e. The fraction of sp³-hybridized carbons (Fsp3) is 0.500. The highest BCUT2D eigenvalue weighted by atomic mass is 32.2. The summed E-state index contributed by atoms with van der Waals surface area (Å²) in [5, 5.41) is 2.91. The molecule has 0 saturated carbocycles. The Kier molecular flexibility index (Phi) is 5.69. The van der Waals surface area contributed by atoms with Crippen molar-refractivity contribution in [1.82, 2.24) is 5.32 Å². The number of hydrogen-bond donors (Lipinski definition) is 2. The van der Waals surface area contributed by atoms with Crippen LogP contribution in [0.1, 0.15) is 12.8 Å². The molecule has 1 fully saturated rings. The van der Waals surface area contributed by atoms with E-state index in [1.165, 1.54) is 4.90 Å². The molecule has 1 aromatic rings. The lowest BCUT2D eigenvalue weighted by atomic mass is 10.2. The summed E-state index contributed by atoms with van der Waals surface area (Å²) >= 11 is 1.73. The third-order valence-electron chi connectivity index (χ3n) is 3.08. The average molecular weight is 280 g/mol. The van der Waals surface area contributed by atoms with Gasteiger partial charge in [0.25, 0.3) is 0 Å². The maximum absolute atomic E-state index is 11.8. The highest BCUT2D eigenvalue weighted by molar-refractivity contribution is 7.99. The molecule has 1 amide bonds. The second kappa shape index (κ2) is 7.53. The number of nitrogens with two attached hydrogens (primary N) is 1. The van der Waals surface area contributed by atoms with E-state index in [-0.39, 0.29) is 18.1 Å². The first-order valence-corrected chi connectivity index (χ1v) is 7.59. The van der Waals surface area contributed by atoms with E-state index < -0.39 is 0 Å². The van der Waals surface area contributed by atoms with Crippen LogP contribution in [0.5, 0.6) is 0 Å². The van der Waals surface area contributed by atoms with Crippen molar-refractivity contribution in [2.24, 2.45) is 5.73 Å². The topological polar surface area (TPSA) is 64.4 Å². The maximum Gasteiger partial charge on any atom is 0.249 e. The zero-order valence-corrected chi connectivity index (χ0v) is 11.7. The molecule has 1 aliphatic rings. The van der Waals surface area contributed by atoms with E-state index in [0.717, 1.165) is 18.6 Å². The number of nitrogens with one attached hydrogen (secondary N) is 1. The van der Waals surface area contributed by atoms with E-state index >= 15 is 0 Å². The Morgan fingerprint density at radius 3 is 2.84 bits per heavy atom. The summed E-state index contributed by atoms with van der Waals surface area (Å²) in [5.41, 5.74) is 5.52. The third kappa shape index (κ3) is 4.53. The zero-order valence-electron chi connectivity index (χ0n) is 10.9. The van der Waals surface area contributed by atoms with Gasteiger partial charge in [-0.1, -0.05) is 18.2 Å². The van der Waals surface area contributed by atoms with Crippen LogP contribution in [-0.4, -0.2) is 37.0 Å². The first kappa shape index (κ1) is 14.4. The van der Waals surface area contributed by atoms with E-state index in [9.17, 15) is 4.79 Å². The van der Waals surface area contributed by atoms with Crippen LogP contribution < -0.4 is 11.1 Å². The summed E-state index contributed by atoms with van der Waals surface area (Å²) in [5.74, 6) is 0.854. The summed E-state index contributed by atoms with van der Waals surface area (Å²) in [6.07, 6.45) is 1.40. The second-order valence-electron chi connectivity index (χ2n) is 4.51. The number of carbonyl (C=O) groups excluding carboxylic acids is 1. The summed E-state index contributed by atoms with van der Waals surface area (Å²) in [6, 6.07) is 10.2. The molecule has 3 N–H and O–H groups in total. The van der Waals surface area contributed by atoms with Gasteiger partial charge >= 0.3 is 0 Å². The lowest BCUT2D eigenvalue weighted by molar-refractivity contribution is -0.131. The average Bonchev–Trinajstić information content (AvgIpc) is 2.93. The van der Waals surface area contributed by atoms with Crippen molar-refractivity contribution in [2.75, 3.05) is 18.8 Å². The van der Waals surface area contributed by atoms with Crippen LogP contribution >= 0.6 is 11.8 Å². The van der Waals surface area contributed by atoms with Gasteiger partial charge in [0.05, 0.1) is 6.10 Å². The van der Waals surface area contributed by atoms with Gasteiger partial charge in [-0.2, -0.15) is 0 Å². The van der Waals surface area contributed by atoms with Crippen LogP contribution in [0.4, 0.5) is 0 Å². The van der Waals surface area contributed by atoms with Gasteiger partial charge in [-0.05, 0) is 25.0 Å². The number of ether oxygens (including phenoxy) is 1. The van der Waals surface area contributed by atoms with E-state index in [4.69, 9.17) is 10.5 Å². The monoisotopic (exact) mass is 280 g/mol. The van der Waals surface area contributed by atoms with Crippen LogP contribution in [-0.2, 0) is 9.53 Å². The Hall–Kier alpha value is -1.04. The summed E-state index contributed by atoms with van der Waals surface area (Å²) in [6.45, 7) is 1.15. The van der Waals surface area contributed by atoms with Crippen LogP contribution in [0.3, 0.4) is 0 Å². The molecule has 0 aromatic heterocycles. The van der Waals surface area contributed by atoms with Crippen molar-refractivity contribution in [3.05, 3.63) is 30.3 Å². The van der Waals surface area contributed by atoms with Crippen molar-refractivity contribution >= 4 is 17.7 Å². The summed E-state index contributed by atoms with van der Waals surface area (Å²) < 4.78 is 5.54. The third-order valence-corrected chi connectivity index (χ3v) is 4.09. The fourth-order valence-corrected chi connectivity index (χ4v) is 2.84. The van der Waals surface area contributed by atoms with Gasteiger partial charge in [0.1, 0.15) is 6.10 Å². The molecule has 0 unspecified atom stereocenters. The Morgan fingerprint density at radius 2 is 2.16 bits per heavy atom. The molecule has 0 aliphatic carbocycles. The molecule has 2 rings (SSSR count). The highest BCUT2D eigenvalue weighted by Crippen LogP contribution is 2.19. The quantitative estimate of drug-likeness (QED) is 0.611. The molecule has 104 valence electrons. The lowest BCUT2D eigenvalue weighted by Crippen LogP contribution is -2.36. The van der Waals surface area contributed by atoms with Crippen molar-refractivity contribution in [3.63, 3.8) is 0 Å². The SMILES string of the molecule is NC[C@H]1CC[C@@H](C(=O)NCCSc2ccccc2)O1. The minimum absolute atomic E-state index is 0.00962. The van der Waals surface area contributed by atoms with Gasteiger partial charge in [0.2, 0.25) is 5.91 Å². The molecule has 1 aliphatic heterocycles. The number of amides is 1. The van der Waals surface area contributed by atoms with Gasteiger partial charge < -0.3 is 15.8 Å². The van der Waals surface area contributed by atoms with Crippen LogP contribution in [0.2, 0.25) is 0 Å². The van der Waals surface area contributed by atoms with E-state index in [1.54, 1.807) is 11.8 Å². The summed E-state index contributed by atoms with van der Waals surface area (Å²) in [7, 11) is 0. The van der Waals surface area contributed by atoms with E-state index in [0.29, 0.717) is 13.1 Å². The minimum atomic E-state index is -0.310. The van der Waals surface area contributed by atoms with Gasteiger partial charge in [-0.25, -0.2) is 0 Å². The van der Waals surface area contributed by atoms with Crippen LogP contribution in [0.25, 0.3) is 0 Å². The number of hydrogen-bond acceptors (Lipinski definition) is 4. The zero-order chi connectivity index (χ0) is 13.5. The molecular formula is C14H20N2O2S. The molecule has 19 heavy (non-hydrogen) atoms. The van der Waals surface area contributed by atoms with Crippen molar-refractivity contribution < 1.29 is 9.53 Å². The molecule has 0 radical (unpaired) electrons. The summed E-state index contributed by atoms with van der Waals surface area (Å²) in [4.78, 5) is 13.1. The Morgan fingerprint density at radius 1 is 1.37 bits per heavy atom. The molecule has 1 heterocycles. The van der Waals surface area contributed by atoms with Gasteiger partial charge in [-0.15, -0.1) is 11.8 Å². The second-order valence-corrected chi connectivity index (χ2v) is 5.68. The first-order valence-electron chi connectivity index (χ1n) is 6.60. The first-order chi connectivity index (χ1) is 9.29. The molecule has 1 saturated heterocycles. The molecule has 4 nitrogen and oxygen atoms in total. The number of rotatable bonds is 6. The Labute approximate surface area is 118 Å². The lowest BCUT2D eigenvalue weighted by Gasteiger charge is -2.12. The van der Waals surface area contributed by atoms with Crippen molar-refractivity contribution in [3.8, 4) is 0 Å². The Balaban J connectivity index is 1.62. The molecule has 1 aromatic carbocycles. The normalized spacial score (nSPS) is 22.4. The predicted molar refractivity (Wildman–Crippen MR) is 77.1 cm³/mol. The molecular weight excluding hydrogens is 260 g/mol. The standard InChI is InChI=1S/C14H20N2O2S/c15-10-11-6-7-13(18-11)14(17)16-8-9-19-12-4-2-1-3-5-12/h1-5,11,13H,6-10,15H2,(H,16,17)/t11-,13+/m1/s1. The van der Waals surface area contributed by atoms with E-state index in [1.807, 2.05) is 18.2 Å². The van der Waals surface area contributed by atoms with Gasteiger partial charge in [0.15, 0.2) is 0 Å². The van der Waals surface area contributed by atoms with Crippen molar-refractivity contribution in [1.29, 1.82) is 0 Å². The number of carbonyl (C=O) groups is 1. The van der Waals surface area contributed by atoms with Gasteiger partial charge in [-0.3, -0.25) is 4.79 Å². The molecule has 0 spiro atoms. The molecule has 2 atom stereocenters. The molecule has 5 heteroatoms. The number of thioether (sulfide) groups is 1. The van der Waals surface area contributed by atoms with Gasteiger partial charge in [0, 0.05) is 23.7 Å². The predicted octanol–water partition coefficient (Wildman–Crippen LogP) is 1.40. The number of benzene rings is 1. The fourth-order valence-electron chi connectivity index (χ4n) is 2.05. The van der Waals surface area contributed by atoms with Crippen LogP contribution in [0, 0.1) is 0 Å². The minimum Gasteiger partial charge on any atom is -0.364 e. The Bertz CT molecular complexity index is 400. The molecule has 0 bridgehead atoms. The largest absolute Gasteiger partial charge is 0.364 e.